The van der Waals surface area contributed by atoms with Gasteiger partial charge in [-0.05, 0) is 53.6 Å². The van der Waals surface area contributed by atoms with Gasteiger partial charge in [0.15, 0.2) is 5.52 Å². The molecule has 1 aliphatic carbocycles. The first kappa shape index (κ1) is 15.3. The number of fused-ring (bicyclic) bond motifs is 1. The highest BCUT2D eigenvalue weighted by Crippen LogP contribution is 2.31. The predicted octanol–water partition coefficient (Wildman–Crippen LogP) is 4.77. The molecule has 1 saturated carbocycles. The minimum absolute atomic E-state index is 0.878. The second-order valence-electron chi connectivity index (χ2n) is 7.23. The molecule has 2 heteroatoms. The molecule has 0 unspecified atom stereocenters. The van der Waals surface area contributed by atoms with Crippen LogP contribution in [-0.2, 0) is 13.5 Å². The van der Waals surface area contributed by atoms with Crippen molar-refractivity contribution in [2.45, 2.75) is 39.0 Å². The second-order valence-corrected chi connectivity index (χ2v) is 7.23. The molecule has 1 fully saturated rings. The first-order valence-electron chi connectivity index (χ1n) is 9.05. The number of rotatable bonds is 3. The summed E-state index contributed by atoms with van der Waals surface area (Å²) in [7, 11) is 2.10. The van der Waals surface area contributed by atoms with E-state index in [-0.39, 0.29) is 0 Å². The summed E-state index contributed by atoms with van der Waals surface area (Å²) in [6.07, 6.45) is 8.77. The van der Waals surface area contributed by atoms with Crippen molar-refractivity contribution in [2.75, 3.05) is 0 Å². The van der Waals surface area contributed by atoms with Crippen molar-refractivity contribution < 1.29 is 4.57 Å². The zero-order valence-corrected chi connectivity index (χ0v) is 14.6. The zero-order valence-electron chi connectivity index (χ0n) is 14.6. The van der Waals surface area contributed by atoms with E-state index in [2.05, 4.69) is 66.0 Å². The quantitative estimate of drug-likeness (QED) is 0.636. The van der Waals surface area contributed by atoms with E-state index < -0.39 is 0 Å². The molecule has 3 aromatic rings. The maximum absolute atomic E-state index is 4.57. The predicted molar refractivity (Wildman–Crippen MR) is 98.8 cm³/mol. The summed E-state index contributed by atoms with van der Waals surface area (Å²) < 4.78 is 2.16. The molecule has 1 aliphatic rings. The van der Waals surface area contributed by atoms with Crippen LogP contribution in [0.4, 0.5) is 0 Å². The highest BCUT2D eigenvalue weighted by Gasteiger charge is 2.19. The fourth-order valence-corrected chi connectivity index (χ4v) is 4.12. The largest absolute Gasteiger partial charge is 0.287 e. The van der Waals surface area contributed by atoms with Gasteiger partial charge in [-0.25, -0.2) is 4.57 Å². The third kappa shape index (κ3) is 2.82. The highest BCUT2D eigenvalue weighted by molar-refractivity contribution is 5.91. The fourth-order valence-electron chi connectivity index (χ4n) is 4.12. The van der Waals surface area contributed by atoms with Gasteiger partial charge < -0.3 is 0 Å². The topological polar surface area (TPSA) is 16.8 Å². The van der Waals surface area contributed by atoms with Gasteiger partial charge in [0.05, 0.1) is 12.4 Å². The monoisotopic (exact) mass is 317 g/mol. The average Bonchev–Trinajstić information content (AvgIpc) is 3.10. The van der Waals surface area contributed by atoms with Crippen molar-refractivity contribution in [3.05, 3.63) is 59.9 Å². The smallest absolute Gasteiger partial charge is 0.232 e. The van der Waals surface area contributed by atoms with Crippen LogP contribution in [0.15, 0.2) is 48.8 Å². The number of aromatic nitrogens is 2. The van der Waals surface area contributed by atoms with Crippen molar-refractivity contribution in [1.82, 2.24) is 4.98 Å². The molecule has 2 nitrogen and oxygen atoms in total. The third-order valence-electron chi connectivity index (χ3n) is 5.44. The second kappa shape index (κ2) is 6.35. The maximum Gasteiger partial charge on any atom is 0.287 e. The van der Waals surface area contributed by atoms with Crippen molar-refractivity contribution in [2.24, 2.45) is 13.0 Å². The number of para-hydroxylation sites is 1. The Morgan fingerprint density at radius 3 is 2.71 bits per heavy atom. The number of aryl methyl sites for hydroxylation is 2. The molecular formula is C22H25N2+. The Bertz CT molecular complexity index is 876. The number of benzene rings is 2. The van der Waals surface area contributed by atoms with Gasteiger partial charge in [-0.15, -0.1) is 0 Å². The molecule has 1 aromatic heterocycles. The van der Waals surface area contributed by atoms with Crippen molar-refractivity contribution in [1.29, 1.82) is 0 Å². The molecule has 0 aliphatic heterocycles. The van der Waals surface area contributed by atoms with E-state index in [0.717, 1.165) is 11.4 Å². The Hall–Kier alpha value is -2.22. The first-order chi connectivity index (χ1) is 11.7. The lowest BCUT2D eigenvalue weighted by atomic mass is 9.93. The van der Waals surface area contributed by atoms with Gasteiger partial charge in [0.25, 0.3) is 6.33 Å². The van der Waals surface area contributed by atoms with Crippen molar-refractivity contribution in [3.8, 4) is 11.3 Å². The number of hydrogen-bond acceptors (Lipinski definition) is 1. The lowest BCUT2D eigenvalue weighted by molar-refractivity contribution is -0.662. The summed E-state index contributed by atoms with van der Waals surface area (Å²) in [6, 6.07) is 15.5. The maximum atomic E-state index is 4.57. The summed E-state index contributed by atoms with van der Waals surface area (Å²) in [5, 5.41) is 1.23. The average molecular weight is 317 g/mol. The molecule has 4 rings (SSSR count). The van der Waals surface area contributed by atoms with Crippen LogP contribution in [0.1, 0.15) is 36.8 Å². The number of hydrogen-bond donors (Lipinski definition) is 0. The van der Waals surface area contributed by atoms with Crippen LogP contribution in [-0.4, -0.2) is 4.98 Å². The Morgan fingerprint density at radius 2 is 1.88 bits per heavy atom. The summed E-state index contributed by atoms with van der Waals surface area (Å²) in [6.45, 7) is 2.21. The Kier molecular flexibility index (Phi) is 4.05. The zero-order chi connectivity index (χ0) is 16.5. The minimum atomic E-state index is 0.878. The van der Waals surface area contributed by atoms with Crippen LogP contribution >= 0.6 is 0 Å². The number of nitrogens with zero attached hydrogens (tertiary/aromatic N) is 2. The molecule has 0 amide bonds. The van der Waals surface area contributed by atoms with Crippen LogP contribution in [0.3, 0.4) is 0 Å². The summed E-state index contributed by atoms with van der Waals surface area (Å²) in [5.74, 6) is 0.878. The minimum Gasteiger partial charge on any atom is -0.232 e. The fraction of sp³-hybridized carbons (Fsp3) is 0.364. The van der Waals surface area contributed by atoms with Gasteiger partial charge in [0, 0.05) is 5.56 Å². The van der Waals surface area contributed by atoms with Crippen LogP contribution in [0.5, 0.6) is 0 Å². The molecule has 1 heterocycles. The molecule has 24 heavy (non-hydrogen) atoms. The van der Waals surface area contributed by atoms with Crippen LogP contribution in [0.25, 0.3) is 22.2 Å². The highest BCUT2D eigenvalue weighted by atomic mass is 15.0. The van der Waals surface area contributed by atoms with E-state index in [1.54, 1.807) is 0 Å². The SMILES string of the molecule is Cc1ccc(CC2CCCC2)cc1-c1c2ccccc2nc[n+]1C. The van der Waals surface area contributed by atoms with E-state index >= 15 is 0 Å². The molecule has 0 spiro atoms. The molecule has 0 N–H and O–H groups in total. The standard InChI is InChI=1S/C22H25N2/c1-16-11-12-18(13-17-7-3-4-8-17)14-20(16)22-19-9-5-6-10-21(19)23-15-24(22)2/h5-6,9-12,14-15,17H,3-4,7-8,13H2,1-2H3/q+1. The van der Waals surface area contributed by atoms with E-state index in [9.17, 15) is 0 Å². The Morgan fingerprint density at radius 1 is 1.08 bits per heavy atom. The van der Waals surface area contributed by atoms with Gasteiger partial charge in [-0.1, -0.05) is 49.9 Å². The Labute approximate surface area is 144 Å². The van der Waals surface area contributed by atoms with Crippen LogP contribution in [0.2, 0.25) is 0 Å². The summed E-state index contributed by atoms with van der Waals surface area (Å²) in [5.41, 5.74) is 6.48. The summed E-state index contributed by atoms with van der Waals surface area (Å²) in [4.78, 5) is 4.57. The van der Waals surface area contributed by atoms with Crippen LogP contribution in [0, 0.1) is 12.8 Å². The van der Waals surface area contributed by atoms with Gasteiger partial charge in [-0.3, -0.25) is 0 Å². The van der Waals surface area contributed by atoms with Gasteiger partial charge in [0.2, 0.25) is 0 Å². The first-order valence-corrected chi connectivity index (χ1v) is 9.05. The van der Waals surface area contributed by atoms with Gasteiger partial charge >= 0.3 is 0 Å². The molecule has 0 bridgehead atoms. The Balaban J connectivity index is 1.82. The van der Waals surface area contributed by atoms with Crippen molar-refractivity contribution in [3.63, 3.8) is 0 Å². The normalized spacial score (nSPS) is 15.2. The van der Waals surface area contributed by atoms with Crippen molar-refractivity contribution >= 4 is 10.9 Å². The molecular weight excluding hydrogens is 292 g/mol. The van der Waals surface area contributed by atoms with Gasteiger partial charge in [-0.2, -0.15) is 0 Å². The molecule has 0 atom stereocenters. The molecule has 0 saturated heterocycles. The van der Waals surface area contributed by atoms with Gasteiger partial charge in [0.1, 0.15) is 5.69 Å². The van der Waals surface area contributed by atoms with E-state index in [4.69, 9.17) is 0 Å². The molecule has 122 valence electrons. The third-order valence-corrected chi connectivity index (χ3v) is 5.44. The van der Waals surface area contributed by atoms with E-state index in [0.29, 0.717) is 0 Å². The van der Waals surface area contributed by atoms with E-state index in [1.807, 2.05) is 6.33 Å². The lowest BCUT2D eigenvalue weighted by Crippen LogP contribution is -2.31. The lowest BCUT2D eigenvalue weighted by Gasteiger charge is -2.13. The molecule has 2 aromatic carbocycles. The van der Waals surface area contributed by atoms with E-state index in [1.165, 1.54) is 59.9 Å². The molecule has 0 radical (unpaired) electrons. The summed E-state index contributed by atoms with van der Waals surface area (Å²) >= 11 is 0. The van der Waals surface area contributed by atoms with Crippen LogP contribution < -0.4 is 4.57 Å².